The first-order valence-electron chi connectivity index (χ1n) is 5.20. The van der Waals surface area contributed by atoms with Gasteiger partial charge in [-0.1, -0.05) is 12.8 Å². The van der Waals surface area contributed by atoms with Gasteiger partial charge in [0.1, 0.15) is 5.82 Å². The van der Waals surface area contributed by atoms with Crippen molar-refractivity contribution in [1.82, 2.24) is 4.98 Å². The lowest BCUT2D eigenvalue weighted by molar-refractivity contribution is 0.579. The molecule has 2 nitrogen and oxygen atoms in total. The third kappa shape index (κ3) is 2.71. The van der Waals surface area contributed by atoms with Crippen molar-refractivity contribution in [3.05, 3.63) is 22.8 Å². The lowest BCUT2D eigenvalue weighted by Gasteiger charge is -2.10. The highest BCUT2D eigenvalue weighted by Crippen LogP contribution is 2.24. The highest BCUT2D eigenvalue weighted by molar-refractivity contribution is 9.10. The van der Waals surface area contributed by atoms with Gasteiger partial charge in [0.2, 0.25) is 0 Å². The molecule has 0 radical (unpaired) electrons. The second kappa shape index (κ2) is 4.78. The van der Waals surface area contributed by atoms with Crippen LogP contribution in [0.5, 0.6) is 0 Å². The number of hydrogen-bond acceptors (Lipinski definition) is 2. The molecule has 1 aliphatic rings. The molecular formula is C11H15BrN2. The van der Waals surface area contributed by atoms with E-state index in [0.29, 0.717) is 0 Å². The summed E-state index contributed by atoms with van der Waals surface area (Å²) in [6, 6.07) is 4.03. The van der Waals surface area contributed by atoms with E-state index in [4.69, 9.17) is 0 Å². The molecule has 2 rings (SSSR count). The molecule has 1 aromatic heterocycles. The van der Waals surface area contributed by atoms with Crippen LogP contribution in [0.15, 0.2) is 22.8 Å². The van der Waals surface area contributed by atoms with Crippen LogP contribution in [-0.4, -0.2) is 11.5 Å². The van der Waals surface area contributed by atoms with Gasteiger partial charge in [-0.3, -0.25) is 0 Å². The van der Waals surface area contributed by atoms with Crippen LogP contribution in [0.3, 0.4) is 0 Å². The van der Waals surface area contributed by atoms with Gasteiger partial charge < -0.3 is 5.32 Å². The Labute approximate surface area is 93.3 Å². The molecule has 0 unspecified atom stereocenters. The van der Waals surface area contributed by atoms with Gasteiger partial charge in [0, 0.05) is 17.2 Å². The molecule has 14 heavy (non-hydrogen) atoms. The summed E-state index contributed by atoms with van der Waals surface area (Å²) in [5, 5.41) is 3.38. The van der Waals surface area contributed by atoms with E-state index in [0.717, 1.165) is 22.8 Å². The molecule has 0 atom stereocenters. The first-order valence-corrected chi connectivity index (χ1v) is 5.99. The summed E-state index contributed by atoms with van der Waals surface area (Å²) in [4.78, 5) is 4.28. The van der Waals surface area contributed by atoms with E-state index in [1.54, 1.807) is 0 Å². The molecule has 1 N–H and O–H groups in total. The van der Waals surface area contributed by atoms with Gasteiger partial charge in [0.25, 0.3) is 0 Å². The van der Waals surface area contributed by atoms with Crippen molar-refractivity contribution in [3.8, 4) is 0 Å². The lowest BCUT2D eigenvalue weighted by Crippen LogP contribution is -2.11. The monoisotopic (exact) mass is 254 g/mol. The van der Waals surface area contributed by atoms with Crippen LogP contribution in [0.25, 0.3) is 0 Å². The second-order valence-corrected chi connectivity index (χ2v) is 4.81. The van der Waals surface area contributed by atoms with Gasteiger partial charge in [-0.15, -0.1) is 0 Å². The predicted molar refractivity (Wildman–Crippen MR) is 62.4 cm³/mol. The van der Waals surface area contributed by atoms with Crippen molar-refractivity contribution in [2.45, 2.75) is 25.7 Å². The van der Waals surface area contributed by atoms with Crippen LogP contribution in [0, 0.1) is 5.92 Å². The summed E-state index contributed by atoms with van der Waals surface area (Å²) < 4.78 is 1.03. The van der Waals surface area contributed by atoms with Gasteiger partial charge >= 0.3 is 0 Å². The zero-order chi connectivity index (χ0) is 9.80. The van der Waals surface area contributed by atoms with Crippen LogP contribution >= 0.6 is 15.9 Å². The summed E-state index contributed by atoms with van der Waals surface area (Å²) in [5.41, 5.74) is 0. The number of anilines is 1. The average molecular weight is 255 g/mol. The fourth-order valence-corrected chi connectivity index (χ4v) is 2.18. The maximum absolute atomic E-state index is 4.28. The third-order valence-corrected chi connectivity index (χ3v) is 3.24. The maximum atomic E-state index is 4.28. The number of rotatable bonds is 3. The molecular weight excluding hydrogens is 240 g/mol. The number of pyridine rings is 1. The molecule has 0 aromatic carbocycles. The highest BCUT2D eigenvalue weighted by Gasteiger charge is 2.14. The van der Waals surface area contributed by atoms with Crippen LogP contribution in [0.1, 0.15) is 25.7 Å². The zero-order valence-corrected chi connectivity index (χ0v) is 9.76. The molecule has 0 spiro atoms. The largest absolute Gasteiger partial charge is 0.370 e. The number of hydrogen-bond donors (Lipinski definition) is 1. The van der Waals surface area contributed by atoms with Crippen LogP contribution in [0.2, 0.25) is 0 Å². The van der Waals surface area contributed by atoms with Crippen molar-refractivity contribution >= 4 is 21.7 Å². The summed E-state index contributed by atoms with van der Waals surface area (Å²) in [6.07, 6.45) is 7.39. The second-order valence-electron chi connectivity index (χ2n) is 3.89. The van der Waals surface area contributed by atoms with E-state index >= 15 is 0 Å². The van der Waals surface area contributed by atoms with Crippen molar-refractivity contribution in [2.75, 3.05) is 11.9 Å². The first kappa shape index (κ1) is 9.97. The van der Waals surface area contributed by atoms with Crippen molar-refractivity contribution in [2.24, 2.45) is 5.92 Å². The fraction of sp³-hybridized carbons (Fsp3) is 0.545. The third-order valence-electron chi connectivity index (χ3n) is 2.77. The highest BCUT2D eigenvalue weighted by atomic mass is 79.9. The normalized spacial score (nSPS) is 17.2. The fourth-order valence-electron chi connectivity index (χ4n) is 1.94. The molecule has 1 fully saturated rings. The Morgan fingerprint density at radius 3 is 2.79 bits per heavy atom. The molecule has 1 saturated carbocycles. The van der Waals surface area contributed by atoms with Crippen LogP contribution < -0.4 is 5.32 Å². The molecule has 0 amide bonds. The van der Waals surface area contributed by atoms with Crippen molar-refractivity contribution in [3.63, 3.8) is 0 Å². The Bertz CT molecular complexity index is 278. The van der Waals surface area contributed by atoms with E-state index in [2.05, 4.69) is 26.2 Å². The summed E-state index contributed by atoms with van der Waals surface area (Å²) in [5.74, 6) is 1.85. The molecule has 0 saturated heterocycles. The van der Waals surface area contributed by atoms with Gasteiger partial charge in [-0.25, -0.2) is 4.98 Å². The van der Waals surface area contributed by atoms with E-state index in [-0.39, 0.29) is 0 Å². The quantitative estimate of drug-likeness (QED) is 0.894. The molecule has 76 valence electrons. The molecule has 1 aromatic rings. The summed E-state index contributed by atoms with van der Waals surface area (Å²) in [7, 11) is 0. The number of nitrogens with one attached hydrogen (secondary N) is 1. The number of aromatic nitrogens is 1. The Balaban J connectivity index is 1.82. The Kier molecular flexibility index (Phi) is 3.40. The zero-order valence-electron chi connectivity index (χ0n) is 8.17. The molecule has 1 heterocycles. The first-order chi connectivity index (χ1) is 6.84. The molecule has 0 aliphatic heterocycles. The minimum atomic E-state index is 0.862. The average Bonchev–Trinajstić information content (AvgIpc) is 2.70. The van der Waals surface area contributed by atoms with E-state index in [9.17, 15) is 0 Å². The van der Waals surface area contributed by atoms with E-state index < -0.39 is 0 Å². The van der Waals surface area contributed by atoms with Gasteiger partial charge in [-0.05, 0) is 46.8 Å². The predicted octanol–water partition coefficient (Wildman–Crippen LogP) is 3.45. The smallest absolute Gasteiger partial charge is 0.125 e. The van der Waals surface area contributed by atoms with Crippen molar-refractivity contribution < 1.29 is 0 Å². The van der Waals surface area contributed by atoms with Gasteiger partial charge in [-0.2, -0.15) is 0 Å². The summed E-state index contributed by atoms with van der Waals surface area (Å²) >= 11 is 3.37. The SMILES string of the molecule is Brc1ccc(NCC2CCCC2)nc1. The molecule has 3 heteroatoms. The topological polar surface area (TPSA) is 24.9 Å². The standard InChI is InChI=1S/C11H15BrN2/c12-10-5-6-11(14-8-10)13-7-9-3-1-2-4-9/h5-6,8-9H,1-4,7H2,(H,13,14). The number of halogens is 1. The van der Waals surface area contributed by atoms with E-state index in [1.165, 1.54) is 25.7 Å². The Morgan fingerprint density at radius 2 is 2.14 bits per heavy atom. The van der Waals surface area contributed by atoms with Gasteiger partial charge in [0.05, 0.1) is 0 Å². The summed E-state index contributed by atoms with van der Waals surface area (Å²) in [6.45, 7) is 1.08. The van der Waals surface area contributed by atoms with Gasteiger partial charge in [0.15, 0.2) is 0 Å². The minimum absolute atomic E-state index is 0.862. The van der Waals surface area contributed by atoms with E-state index in [1.807, 2.05) is 18.3 Å². The van der Waals surface area contributed by atoms with Crippen molar-refractivity contribution in [1.29, 1.82) is 0 Å². The minimum Gasteiger partial charge on any atom is -0.370 e. The molecule has 0 bridgehead atoms. The Morgan fingerprint density at radius 1 is 1.36 bits per heavy atom. The maximum Gasteiger partial charge on any atom is 0.125 e. The lowest BCUT2D eigenvalue weighted by atomic mass is 10.1. The van der Waals surface area contributed by atoms with Crippen LogP contribution in [-0.2, 0) is 0 Å². The Hall–Kier alpha value is -0.570. The number of nitrogens with zero attached hydrogens (tertiary/aromatic N) is 1. The molecule has 1 aliphatic carbocycles. The van der Waals surface area contributed by atoms with Crippen LogP contribution in [0.4, 0.5) is 5.82 Å².